The number of fused-ring (bicyclic) bond motifs is 2. The van der Waals surface area contributed by atoms with Crippen molar-refractivity contribution in [2.75, 3.05) is 23.0 Å². The number of anilines is 2. The van der Waals surface area contributed by atoms with Crippen molar-refractivity contribution < 1.29 is 47.3 Å². The number of ether oxygens (including phenoxy) is 3. The smallest absolute Gasteiger partial charge is 0.400 e. The van der Waals surface area contributed by atoms with Gasteiger partial charge in [-0.1, -0.05) is 17.5 Å². The summed E-state index contributed by atoms with van der Waals surface area (Å²) in [6.07, 6.45) is 7.18. The molecule has 14 heteroatoms. The first-order chi connectivity index (χ1) is 23.5. The normalized spacial score (nSPS) is 15.9. The molecule has 12 nitrogen and oxygen atoms in total. The fourth-order valence-corrected chi connectivity index (χ4v) is 5.63. The number of benzene rings is 3. The number of aliphatic carboxylic acids is 1. The zero-order chi connectivity index (χ0) is 34.8. The molecule has 1 N–H and O–H groups in total. The number of rotatable bonds is 7. The Labute approximate surface area is 283 Å². The first-order valence-electron chi connectivity index (χ1n) is 15.1. The molecular formula is C35H27ClFN3O9. The van der Waals surface area contributed by atoms with Crippen LogP contribution in [0.1, 0.15) is 32.6 Å². The Balaban J connectivity index is 0.000000171. The summed E-state index contributed by atoms with van der Waals surface area (Å²) < 4.78 is 36.1. The van der Waals surface area contributed by atoms with Crippen molar-refractivity contribution in [1.82, 2.24) is 4.98 Å². The highest BCUT2D eigenvalue weighted by atomic mass is 35.5. The van der Waals surface area contributed by atoms with Gasteiger partial charge in [-0.25, -0.2) is 14.1 Å². The van der Waals surface area contributed by atoms with Crippen LogP contribution in [-0.2, 0) is 19.2 Å². The minimum atomic E-state index is -1.03. The van der Waals surface area contributed by atoms with E-state index in [-0.39, 0.29) is 42.3 Å². The second kappa shape index (κ2) is 13.7. The number of hydrogen-bond acceptors (Lipinski definition) is 9. The van der Waals surface area contributed by atoms with E-state index >= 15 is 0 Å². The molecule has 7 rings (SSSR count). The van der Waals surface area contributed by atoms with Crippen LogP contribution in [0.4, 0.5) is 15.8 Å². The molecule has 0 spiro atoms. The van der Waals surface area contributed by atoms with Gasteiger partial charge < -0.3 is 23.7 Å². The number of amides is 3. The highest BCUT2D eigenvalue weighted by Gasteiger charge is 2.41. The van der Waals surface area contributed by atoms with Gasteiger partial charge in [-0.2, -0.15) is 4.98 Å². The highest BCUT2D eigenvalue weighted by molar-refractivity contribution is 6.33. The predicted molar refractivity (Wildman–Crippen MR) is 174 cm³/mol. The summed E-state index contributed by atoms with van der Waals surface area (Å²) in [5.41, 5.74) is 2.16. The van der Waals surface area contributed by atoms with Gasteiger partial charge in [0.2, 0.25) is 0 Å². The molecule has 1 aliphatic carbocycles. The number of imide groups is 1. The Hall–Kier alpha value is -5.87. The van der Waals surface area contributed by atoms with Crippen molar-refractivity contribution in [3.05, 3.63) is 76.6 Å². The third kappa shape index (κ3) is 6.77. The van der Waals surface area contributed by atoms with Crippen LogP contribution in [0.25, 0.3) is 11.1 Å². The van der Waals surface area contributed by atoms with Crippen molar-refractivity contribution in [1.29, 1.82) is 0 Å². The number of nitrogens with zero attached hydrogens (tertiary/aromatic N) is 3. The Kier molecular flexibility index (Phi) is 9.24. The Bertz CT molecular complexity index is 2040. The third-order valence-electron chi connectivity index (χ3n) is 7.87. The van der Waals surface area contributed by atoms with Crippen LogP contribution >= 0.6 is 11.6 Å². The number of carbonyl (C=O) groups excluding carboxylic acids is 3. The molecule has 0 radical (unpaired) electrons. The van der Waals surface area contributed by atoms with E-state index in [9.17, 15) is 23.6 Å². The largest absolute Gasteiger partial charge is 0.481 e. The zero-order valence-corrected chi connectivity index (χ0v) is 26.7. The van der Waals surface area contributed by atoms with Gasteiger partial charge in [-0.3, -0.25) is 19.3 Å². The number of halogens is 2. The number of terminal acetylenes is 1. The molecule has 3 aliphatic rings. The molecule has 3 amide bonds. The molecule has 0 saturated heterocycles. The van der Waals surface area contributed by atoms with Crippen LogP contribution in [0, 0.1) is 18.2 Å². The molecule has 0 bridgehead atoms. The molecule has 4 aromatic rings. The number of carboxylic acid groups (broad SMARTS) is 1. The first kappa shape index (κ1) is 33.0. The molecule has 1 aromatic heterocycles. The van der Waals surface area contributed by atoms with Crippen LogP contribution < -0.4 is 24.0 Å². The van der Waals surface area contributed by atoms with E-state index < -0.39 is 29.7 Å². The van der Waals surface area contributed by atoms with E-state index in [2.05, 4.69) is 10.9 Å². The van der Waals surface area contributed by atoms with E-state index in [0.29, 0.717) is 51.6 Å². The summed E-state index contributed by atoms with van der Waals surface area (Å²) in [6.45, 7) is 1.19. The van der Waals surface area contributed by atoms with Gasteiger partial charge in [0, 0.05) is 28.3 Å². The molecule has 1 atom stereocenters. The molecule has 49 heavy (non-hydrogen) atoms. The SMILES string of the molecule is C#CCN1C(=O)COc2cc(F)c(N3C(=O)C4=C(CCCC4)C3=O)cc21.CC(Oc1ccc(Oc2nc3ccc(Cl)cc3o2)cc1)C(=O)O. The zero-order valence-electron chi connectivity index (χ0n) is 25.9. The molecule has 0 saturated carbocycles. The van der Waals surface area contributed by atoms with Gasteiger partial charge >= 0.3 is 12.0 Å². The molecule has 3 aromatic carbocycles. The summed E-state index contributed by atoms with van der Waals surface area (Å²) in [5, 5.41) is 9.35. The van der Waals surface area contributed by atoms with Gasteiger partial charge in [0.1, 0.15) is 22.8 Å². The molecule has 250 valence electrons. The second-order valence-electron chi connectivity index (χ2n) is 11.1. The van der Waals surface area contributed by atoms with Crippen LogP contribution in [0.15, 0.2) is 70.2 Å². The Morgan fingerprint density at radius 3 is 2.37 bits per heavy atom. The predicted octanol–water partition coefficient (Wildman–Crippen LogP) is 6.05. The van der Waals surface area contributed by atoms with Crippen molar-refractivity contribution in [3.8, 4) is 35.7 Å². The van der Waals surface area contributed by atoms with E-state index in [1.54, 1.807) is 42.5 Å². The van der Waals surface area contributed by atoms with Gasteiger partial charge in [-0.15, -0.1) is 6.42 Å². The van der Waals surface area contributed by atoms with Crippen LogP contribution in [-0.4, -0.2) is 53.0 Å². The fourth-order valence-electron chi connectivity index (χ4n) is 5.47. The van der Waals surface area contributed by atoms with Crippen molar-refractivity contribution in [2.45, 2.75) is 38.7 Å². The quantitative estimate of drug-likeness (QED) is 0.180. The van der Waals surface area contributed by atoms with E-state index in [4.69, 9.17) is 41.8 Å². The van der Waals surface area contributed by atoms with Crippen molar-refractivity contribution in [3.63, 3.8) is 0 Å². The van der Waals surface area contributed by atoms with E-state index in [0.717, 1.165) is 23.8 Å². The van der Waals surface area contributed by atoms with Crippen LogP contribution in [0.2, 0.25) is 5.02 Å². The fraction of sp³-hybridized carbons (Fsp3) is 0.229. The lowest BCUT2D eigenvalue weighted by Gasteiger charge is -2.29. The maximum Gasteiger partial charge on any atom is 0.400 e. The molecule has 2 aliphatic heterocycles. The molecular weight excluding hydrogens is 661 g/mol. The highest BCUT2D eigenvalue weighted by Crippen LogP contribution is 2.41. The topological polar surface area (TPSA) is 149 Å². The van der Waals surface area contributed by atoms with E-state index in [1.165, 1.54) is 17.9 Å². The van der Waals surface area contributed by atoms with Gasteiger partial charge in [0.25, 0.3) is 17.7 Å². The molecule has 0 fully saturated rings. The average Bonchev–Trinajstić information content (AvgIpc) is 3.59. The summed E-state index contributed by atoms with van der Waals surface area (Å²) in [5.74, 6) is 0.285. The third-order valence-corrected chi connectivity index (χ3v) is 8.11. The lowest BCUT2D eigenvalue weighted by molar-refractivity contribution is -0.144. The maximum atomic E-state index is 14.7. The summed E-state index contributed by atoms with van der Waals surface area (Å²) in [7, 11) is 0. The average molecular weight is 688 g/mol. The maximum absolute atomic E-state index is 14.7. The van der Waals surface area contributed by atoms with Gasteiger partial charge in [-0.05, 0) is 75.1 Å². The summed E-state index contributed by atoms with van der Waals surface area (Å²) in [6, 6.07) is 13.9. The molecule has 1 unspecified atom stereocenters. The lowest BCUT2D eigenvalue weighted by Crippen LogP contribution is -2.39. The molecule has 3 heterocycles. The number of aromatic nitrogens is 1. The minimum Gasteiger partial charge on any atom is -0.481 e. The number of hydrogen-bond donors (Lipinski definition) is 1. The lowest BCUT2D eigenvalue weighted by atomic mass is 9.93. The standard InChI is InChI=1S/C19H15FN2O4.C16H12ClNO5/c1-2-7-21-15-9-14(13(20)8-16(15)26-10-17(21)23)22-18(24)11-5-3-4-6-12(11)19(22)25;1-9(15(19)20)21-11-3-5-12(6-4-11)22-16-18-13-7-2-10(17)8-14(13)23-16/h1,8-9H,3-7,10H2;2-9H,1H3,(H,19,20). The second-order valence-corrected chi connectivity index (χ2v) is 11.6. The van der Waals surface area contributed by atoms with Crippen molar-refractivity contribution in [2.24, 2.45) is 0 Å². The monoisotopic (exact) mass is 687 g/mol. The minimum absolute atomic E-state index is 0.0170. The first-order valence-corrected chi connectivity index (χ1v) is 15.5. The van der Waals surface area contributed by atoms with Crippen LogP contribution in [0.5, 0.6) is 23.3 Å². The number of oxazole rings is 1. The summed E-state index contributed by atoms with van der Waals surface area (Å²) in [4.78, 5) is 54.5. The summed E-state index contributed by atoms with van der Waals surface area (Å²) >= 11 is 5.88. The Morgan fingerprint density at radius 2 is 1.71 bits per heavy atom. The van der Waals surface area contributed by atoms with Gasteiger partial charge in [0.05, 0.1) is 17.9 Å². The van der Waals surface area contributed by atoms with Gasteiger partial charge in [0.15, 0.2) is 24.1 Å². The Morgan fingerprint density at radius 1 is 1.04 bits per heavy atom. The number of carboxylic acids is 1. The number of carbonyl (C=O) groups is 4. The van der Waals surface area contributed by atoms with E-state index in [1.807, 2.05) is 0 Å². The van der Waals surface area contributed by atoms with Crippen molar-refractivity contribution >= 4 is 57.8 Å². The van der Waals surface area contributed by atoms with Crippen LogP contribution in [0.3, 0.4) is 0 Å².